The Bertz CT molecular complexity index is 1590. The van der Waals surface area contributed by atoms with E-state index >= 15 is 0 Å². The lowest BCUT2D eigenvalue weighted by molar-refractivity contribution is -0.0366. The fraction of sp³-hybridized carbons (Fsp3) is 0.657. The van der Waals surface area contributed by atoms with E-state index in [9.17, 15) is 4.79 Å². The van der Waals surface area contributed by atoms with Gasteiger partial charge in [0.05, 0.1) is 29.6 Å². The first-order valence-electron chi connectivity index (χ1n) is 17.4. The van der Waals surface area contributed by atoms with Gasteiger partial charge in [-0.05, 0) is 91.4 Å². The van der Waals surface area contributed by atoms with Gasteiger partial charge in [-0.15, -0.1) is 0 Å². The van der Waals surface area contributed by atoms with Crippen molar-refractivity contribution >= 4 is 28.5 Å². The second kappa shape index (κ2) is 13.1. The molecule has 1 aromatic carbocycles. The molecule has 7 rings (SSSR count). The quantitative estimate of drug-likeness (QED) is 0.367. The number of ether oxygens (including phenoxy) is 3. The van der Waals surface area contributed by atoms with Gasteiger partial charge in [0.2, 0.25) is 0 Å². The van der Waals surface area contributed by atoms with Crippen LogP contribution in [0, 0.1) is 6.92 Å². The number of carbonyl (C=O) groups is 1. The van der Waals surface area contributed by atoms with Crippen molar-refractivity contribution in [2.24, 2.45) is 0 Å². The van der Waals surface area contributed by atoms with Crippen LogP contribution in [0.1, 0.15) is 75.9 Å². The van der Waals surface area contributed by atoms with Crippen molar-refractivity contribution in [3.63, 3.8) is 0 Å². The molecule has 0 N–H and O–H groups in total. The molecule has 12 heteroatoms. The molecule has 0 radical (unpaired) electrons. The first-order chi connectivity index (χ1) is 22.6. The average Bonchev–Trinajstić information content (AvgIpc) is 3.68. The molecule has 0 spiro atoms. The summed E-state index contributed by atoms with van der Waals surface area (Å²) in [5.74, 6) is 0.936. The van der Waals surface area contributed by atoms with E-state index in [1.54, 1.807) is 4.90 Å². The van der Waals surface area contributed by atoms with Gasteiger partial charge < -0.3 is 33.8 Å². The molecule has 0 aliphatic carbocycles. The number of likely N-dealkylation sites (N-methyl/N-ethyl adjacent to an activating group) is 1. The molecule has 6 heterocycles. The van der Waals surface area contributed by atoms with Crippen LogP contribution in [0.15, 0.2) is 18.3 Å². The zero-order valence-electron chi connectivity index (χ0n) is 28.7. The number of carbonyl (C=O) groups excluding carboxylic acids is 1. The summed E-state index contributed by atoms with van der Waals surface area (Å²) in [5, 5.41) is 5.98. The highest BCUT2D eigenvalue weighted by molar-refractivity contribution is 5.94. The van der Waals surface area contributed by atoms with E-state index in [4.69, 9.17) is 29.3 Å². The number of fused-ring (bicyclic) bond motifs is 2. The van der Waals surface area contributed by atoms with E-state index in [-0.39, 0.29) is 12.3 Å². The molecule has 4 aliphatic rings. The number of aromatic nitrogens is 4. The Morgan fingerprint density at radius 3 is 2.55 bits per heavy atom. The molecule has 3 saturated heterocycles. The summed E-state index contributed by atoms with van der Waals surface area (Å²) >= 11 is 0. The number of hydrogen-bond acceptors (Lipinski definition) is 10. The van der Waals surface area contributed by atoms with Crippen LogP contribution < -0.4 is 14.5 Å². The Morgan fingerprint density at radius 2 is 1.83 bits per heavy atom. The number of amides is 1. The lowest BCUT2D eigenvalue weighted by Crippen LogP contribution is -2.50. The van der Waals surface area contributed by atoms with Gasteiger partial charge in [-0.1, -0.05) is 6.07 Å². The second-order valence-electron chi connectivity index (χ2n) is 14.5. The van der Waals surface area contributed by atoms with Crippen molar-refractivity contribution < 1.29 is 19.0 Å². The Kier molecular flexibility index (Phi) is 8.90. The molecule has 4 aliphatic heterocycles. The van der Waals surface area contributed by atoms with Gasteiger partial charge in [-0.2, -0.15) is 15.1 Å². The molecular formula is C35H50N8O4. The van der Waals surface area contributed by atoms with Crippen LogP contribution in [-0.2, 0) is 22.4 Å². The summed E-state index contributed by atoms with van der Waals surface area (Å²) < 4.78 is 20.2. The van der Waals surface area contributed by atoms with Gasteiger partial charge in [-0.25, -0.2) is 9.48 Å². The van der Waals surface area contributed by atoms with Crippen molar-refractivity contribution in [2.45, 2.75) is 90.6 Å². The number of aryl methyl sites for hydroxylation is 1. The van der Waals surface area contributed by atoms with Gasteiger partial charge in [-0.3, -0.25) is 0 Å². The largest absolute Gasteiger partial charge is 0.462 e. The highest BCUT2D eigenvalue weighted by atomic mass is 16.6. The van der Waals surface area contributed by atoms with Crippen molar-refractivity contribution in [3.05, 3.63) is 35.2 Å². The van der Waals surface area contributed by atoms with Crippen LogP contribution in [0.5, 0.6) is 6.01 Å². The lowest BCUT2D eigenvalue weighted by atomic mass is 10.0. The standard InChI is InChI=1S/C35H50N8O4/c1-24-11-12-29-27(21-36-43(29)30-10-6-7-20-45-30)31(24)42-15-13-26-28(22-42)37-33(46-23-25-9-8-14-39(25)5)38-32(26)40-16-18-41(19-17-40)34(44)47-35(2,3)4/h11-12,21,25,30H,6-10,13-20,22-23H2,1-5H3/t25-,30?/m0/s1. The van der Waals surface area contributed by atoms with E-state index in [2.05, 4.69) is 45.5 Å². The van der Waals surface area contributed by atoms with E-state index in [0.717, 1.165) is 74.2 Å². The maximum atomic E-state index is 12.8. The molecule has 2 aromatic heterocycles. The van der Waals surface area contributed by atoms with Crippen LogP contribution in [-0.4, -0.2) is 107 Å². The van der Waals surface area contributed by atoms with Gasteiger partial charge >= 0.3 is 12.1 Å². The maximum Gasteiger partial charge on any atom is 0.410 e. The number of hydrogen-bond donors (Lipinski definition) is 0. The van der Waals surface area contributed by atoms with Gasteiger partial charge in [0.25, 0.3) is 0 Å². The minimum Gasteiger partial charge on any atom is -0.462 e. The van der Waals surface area contributed by atoms with Crippen molar-refractivity contribution in [1.82, 2.24) is 29.5 Å². The number of piperazine rings is 1. The van der Waals surface area contributed by atoms with Crippen LogP contribution >= 0.6 is 0 Å². The SMILES string of the molecule is Cc1ccc2c(cnn2C2CCCCO2)c1N1CCc2c(nc(OC[C@@H]3CCCN3C)nc2N2CCN(C(=O)OC(C)(C)C)CC2)C1. The summed E-state index contributed by atoms with van der Waals surface area (Å²) in [6.45, 7) is 14.4. The van der Waals surface area contributed by atoms with E-state index in [1.165, 1.54) is 23.2 Å². The second-order valence-corrected chi connectivity index (χ2v) is 14.5. The first kappa shape index (κ1) is 31.9. The Labute approximate surface area is 277 Å². The van der Waals surface area contributed by atoms with E-state index < -0.39 is 5.60 Å². The molecule has 3 aromatic rings. The fourth-order valence-electron chi connectivity index (χ4n) is 7.47. The third-order valence-corrected chi connectivity index (χ3v) is 10.0. The molecule has 254 valence electrons. The normalized spacial score (nSPS) is 22.5. The number of anilines is 2. The predicted molar refractivity (Wildman–Crippen MR) is 181 cm³/mol. The number of rotatable bonds is 6. The van der Waals surface area contributed by atoms with E-state index in [1.807, 2.05) is 27.0 Å². The molecule has 2 atom stereocenters. The summed E-state index contributed by atoms with van der Waals surface area (Å²) in [6.07, 6.45) is 8.12. The van der Waals surface area contributed by atoms with Crippen LogP contribution in [0.4, 0.5) is 16.3 Å². The third-order valence-electron chi connectivity index (χ3n) is 10.0. The summed E-state index contributed by atoms with van der Waals surface area (Å²) in [6, 6.07) is 5.20. The molecule has 12 nitrogen and oxygen atoms in total. The van der Waals surface area contributed by atoms with Crippen LogP contribution in [0.2, 0.25) is 0 Å². The summed E-state index contributed by atoms with van der Waals surface area (Å²) in [5.41, 5.74) is 5.20. The summed E-state index contributed by atoms with van der Waals surface area (Å²) in [4.78, 5) is 31.8. The summed E-state index contributed by atoms with van der Waals surface area (Å²) in [7, 11) is 2.16. The molecule has 1 unspecified atom stereocenters. The third kappa shape index (κ3) is 6.72. The van der Waals surface area contributed by atoms with Crippen molar-refractivity contribution in [3.8, 4) is 6.01 Å². The maximum absolute atomic E-state index is 12.8. The Morgan fingerprint density at radius 1 is 1.00 bits per heavy atom. The monoisotopic (exact) mass is 646 g/mol. The molecule has 0 bridgehead atoms. The number of benzene rings is 1. The lowest BCUT2D eigenvalue weighted by Gasteiger charge is -2.38. The predicted octanol–water partition coefficient (Wildman–Crippen LogP) is 4.93. The minimum absolute atomic E-state index is 0.0106. The number of likely N-dealkylation sites (tertiary alicyclic amines) is 1. The van der Waals surface area contributed by atoms with Gasteiger partial charge in [0.15, 0.2) is 6.23 Å². The van der Waals surface area contributed by atoms with E-state index in [0.29, 0.717) is 51.4 Å². The Hall–Kier alpha value is -3.64. The molecule has 47 heavy (non-hydrogen) atoms. The zero-order valence-corrected chi connectivity index (χ0v) is 28.7. The highest BCUT2D eigenvalue weighted by Crippen LogP contribution is 2.38. The zero-order chi connectivity index (χ0) is 32.7. The van der Waals surface area contributed by atoms with Crippen LogP contribution in [0.3, 0.4) is 0 Å². The molecular weight excluding hydrogens is 596 g/mol. The molecule has 3 fully saturated rings. The smallest absolute Gasteiger partial charge is 0.410 e. The highest BCUT2D eigenvalue weighted by Gasteiger charge is 2.32. The average molecular weight is 647 g/mol. The Balaban J connectivity index is 1.16. The number of nitrogens with zero attached hydrogens (tertiary/aromatic N) is 8. The van der Waals surface area contributed by atoms with Crippen molar-refractivity contribution in [2.75, 3.05) is 69.3 Å². The topological polar surface area (TPSA) is 101 Å². The minimum atomic E-state index is -0.517. The molecule has 1 amide bonds. The molecule has 0 saturated carbocycles. The first-order valence-corrected chi connectivity index (χ1v) is 17.4. The van der Waals surface area contributed by atoms with Gasteiger partial charge in [0, 0.05) is 56.3 Å². The van der Waals surface area contributed by atoms with Crippen molar-refractivity contribution in [1.29, 1.82) is 0 Å². The fourth-order valence-corrected chi connectivity index (χ4v) is 7.47. The van der Waals surface area contributed by atoms with Gasteiger partial charge in [0.1, 0.15) is 18.0 Å². The van der Waals surface area contributed by atoms with Crippen LogP contribution in [0.25, 0.3) is 10.9 Å².